The van der Waals surface area contributed by atoms with E-state index in [0.717, 1.165) is 77.4 Å². The lowest BCUT2D eigenvalue weighted by Crippen LogP contribution is -2.65. The summed E-state index contributed by atoms with van der Waals surface area (Å²) in [5, 5.41) is 124. The number of benzene rings is 7. The van der Waals surface area contributed by atoms with Crippen LogP contribution >= 0.6 is 34.8 Å². The molecule has 0 radical (unpaired) electrons. The number of aliphatic hydroxyl groups is 5. The third kappa shape index (κ3) is 20.4. The van der Waals surface area contributed by atoms with Gasteiger partial charge in [-0.25, -0.2) is 0 Å². The van der Waals surface area contributed by atoms with Gasteiger partial charge in [-0.3, -0.25) is 38.4 Å². The van der Waals surface area contributed by atoms with Crippen LogP contribution in [0.1, 0.15) is 124 Å². The molecule has 0 saturated carbocycles. The van der Waals surface area contributed by atoms with Crippen LogP contribution in [0.3, 0.4) is 0 Å². The van der Waals surface area contributed by atoms with Gasteiger partial charge >= 0.3 is 0 Å². The molecule has 8 amide bonds. The maximum Gasteiger partial charge on any atom is 0.248 e. The van der Waals surface area contributed by atoms with E-state index in [1.165, 1.54) is 25.2 Å². The predicted molar refractivity (Wildman–Crippen MR) is 439 cm³/mol. The number of aliphatic hydroxyl groups excluding tert-OH is 5. The summed E-state index contributed by atoms with van der Waals surface area (Å²) in [6, 6.07) is 15.2. The Morgan fingerprint density at radius 1 is 0.697 bits per heavy atom. The minimum atomic E-state index is -2.37. The molecule has 21 N–H and O–H groups in total. The smallest absolute Gasteiger partial charge is 0.248 e. The minimum Gasteiger partial charge on any atom is -0.508 e. The van der Waals surface area contributed by atoms with Gasteiger partial charge in [0.25, 0.3) is 0 Å². The lowest BCUT2D eigenvalue weighted by atomic mass is 9.84. The van der Waals surface area contributed by atoms with E-state index in [1.54, 1.807) is 26.0 Å². The molecule has 7 aliphatic heterocycles. The molecule has 648 valence electrons. The molecule has 7 aromatic carbocycles. The van der Waals surface area contributed by atoms with Crippen LogP contribution in [0.15, 0.2) is 133 Å². The Balaban J connectivity index is 1.05. The van der Waals surface area contributed by atoms with Crippen molar-refractivity contribution in [2.75, 3.05) is 26.7 Å². The number of amides is 8. The van der Waals surface area contributed by atoms with Crippen LogP contribution in [-0.2, 0) is 59.1 Å². The number of nitrogens with two attached hydrogens (primary N) is 2. The highest BCUT2D eigenvalue weighted by Gasteiger charge is 2.52. The molecule has 7 aromatic rings. The van der Waals surface area contributed by atoms with Gasteiger partial charge < -0.3 is 129 Å². The van der Waals surface area contributed by atoms with Gasteiger partial charge in [0.05, 0.1) is 47.4 Å². The first kappa shape index (κ1) is 90.1. The summed E-state index contributed by atoms with van der Waals surface area (Å²) in [4.78, 5) is 123. The van der Waals surface area contributed by atoms with Crippen LogP contribution in [0, 0.1) is 5.92 Å². The number of phenolic OH excluding ortho intramolecular Hbond substituents is 3. The van der Waals surface area contributed by atoms with Crippen LogP contribution in [-0.4, -0.2) is 194 Å². The number of halogens is 3. The highest BCUT2D eigenvalue weighted by atomic mass is 35.5. The number of hydrogen-bond acceptors (Lipinski definition) is 26. The Morgan fingerprint density at radius 3 is 1.94 bits per heavy atom. The van der Waals surface area contributed by atoms with E-state index in [2.05, 4.69) is 57.9 Å². The van der Waals surface area contributed by atoms with Crippen LogP contribution < -0.4 is 73.5 Å². The molecular weight excluding hydrogens is 1650 g/mol. The third-order valence-corrected chi connectivity index (χ3v) is 22.5. The molecule has 0 spiro atoms. The largest absolute Gasteiger partial charge is 0.508 e. The van der Waals surface area contributed by atoms with Crippen molar-refractivity contribution in [1.29, 1.82) is 0 Å². The van der Waals surface area contributed by atoms with Crippen LogP contribution in [0.5, 0.6) is 46.0 Å². The maximum absolute atomic E-state index is 16.4. The zero-order chi connectivity index (χ0) is 87.9. The van der Waals surface area contributed by atoms with E-state index >= 15 is 24.0 Å². The SMILES string of the molecule is CNC(CC(C)C)C(=O)NC1C(=O)N[C@@H](CC(N)=O)C(=O)NC2C(=O)N[C@H]3C(=O)NC(C(=O)N[C@@H](C(=O)NCCCCN)c4cc(O)cc(O)c4-c4cc3ccc4O)C(O)c3ccc(c(Cl)c3)Oc3cc2cc(c3OC2OC(CN=[N+]=[N-])C(O)C(O)C2OC2CC(C)(NCc3ccc(-c4ccc(Cl)cc4)cc3)C(O)C(C)O2)Oc2ccc(cc2Cl)C1O. The molecule has 2 fully saturated rings. The minimum absolute atomic E-state index is 0.0304. The number of hydrogen-bond donors (Lipinski definition) is 19. The average molecular weight is 1750 g/mol. The summed E-state index contributed by atoms with van der Waals surface area (Å²) in [6.45, 7) is 6.66. The van der Waals surface area contributed by atoms with E-state index in [4.69, 9.17) is 74.7 Å². The van der Waals surface area contributed by atoms with E-state index in [9.17, 15) is 60.8 Å². The third-order valence-electron chi connectivity index (χ3n) is 21.7. The molecule has 7 heterocycles. The molecule has 18 atom stereocenters. The number of fused-ring (bicyclic) bond motifs is 15. The number of rotatable bonds is 22. The maximum atomic E-state index is 16.4. The summed E-state index contributed by atoms with van der Waals surface area (Å²) in [5.41, 5.74) is 20.3. The number of nitrogens with one attached hydrogen (secondary N) is 9. The fourth-order valence-corrected chi connectivity index (χ4v) is 15.7. The molecule has 36 nitrogen and oxygen atoms in total. The lowest BCUT2D eigenvalue weighted by Gasteiger charge is -2.48. The quantitative estimate of drug-likeness (QED) is 0.0176. The molecule has 11 bridgehead atoms. The van der Waals surface area contributed by atoms with Gasteiger partial charge in [0.1, 0.15) is 89.4 Å². The van der Waals surface area contributed by atoms with Gasteiger partial charge in [-0.15, -0.1) is 0 Å². The first-order valence-electron chi connectivity index (χ1n) is 39.1. The summed E-state index contributed by atoms with van der Waals surface area (Å²) in [5.74, 6) is -14.7. The van der Waals surface area contributed by atoms with Crippen LogP contribution in [0.25, 0.3) is 32.7 Å². The number of primary amides is 1. The van der Waals surface area contributed by atoms with E-state index in [0.29, 0.717) is 17.9 Å². The molecular formula is C83H93Cl3N14O22. The van der Waals surface area contributed by atoms with Crippen molar-refractivity contribution in [2.45, 2.75) is 176 Å². The monoisotopic (exact) mass is 1740 g/mol. The summed E-state index contributed by atoms with van der Waals surface area (Å²) < 4.78 is 40.0. The Morgan fingerprint density at radius 2 is 1.32 bits per heavy atom. The molecule has 2 saturated heterocycles. The van der Waals surface area contributed by atoms with Gasteiger partial charge in [-0.1, -0.05) is 108 Å². The molecule has 39 heteroatoms. The second-order valence-corrected chi connectivity index (χ2v) is 32.1. The lowest BCUT2D eigenvalue weighted by molar-refractivity contribution is -0.331. The number of unbranched alkanes of at least 4 members (excludes halogenated alkanes) is 1. The normalized spacial score (nSPS) is 26.2. The van der Waals surface area contributed by atoms with Crippen molar-refractivity contribution in [3.8, 4) is 68.2 Å². The van der Waals surface area contributed by atoms with Crippen molar-refractivity contribution in [2.24, 2.45) is 22.5 Å². The van der Waals surface area contributed by atoms with Gasteiger partial charge in [0.2, 0.25) is 59.3 Å². The average Bonchev–Trinajstić information content (AvgIpc) is 0.763. The Labute approximate surface area is 713 Å². The summed E-state index contributed by atoms with van der Waals surface area (Å²) in [7, 11) is 1.48. The van der Waals surface area contributed by atoms with Gasteiger partial charge in [-0.05, 0) is 169 Å². The molecule has 15 unspecified atom stereocenters. The fraction of sp³-hybridized carbons (Fsp3) is 0.398. The second kappa shape index (κ2) is 38.9. The number of likely N-dealkylation sites (N-methyl/N-ethyl adjacent to an activating group) is 1. The standard InChI is InChI=1S/C83H93Cl3N14O22/c1-36(2)24-51(90-5)75(110)98-66-68(105)42-15-20-55(49(85)26-42)118-57-28-44-29-58(72(57)122-82-73(71(108)70(107)59(120-82)35-93-100-89)121-61-33-83(4,74(109)37(3)117-61)92-34-38-8-10-39(11-9-38)40-12-17-45(84)18-13-40)119-56-21-16-43(27-50(56)86)69(106)67-81(116)97-65(77(112)91-23-7-6-22-87)48-30-46(101)31-54(103)62(48)47-25-41(14-19-53(47)102)63(78(113)99-67)96-79(114)64(44)95-76(111)52(32-60(88)104)94-80(66)115/h8-21,25-31,36-37,51-52,59,61,63-71,73-74,82,90,92,101-103,105-109H,6-7,22-24,32-35,87H2,1-5H3,(H2,88,104)(H,91,112)(H,94,115)(H,95,111)(H,96,114)(H,97,116)(H,98,110)(H,99,113)/t37?,51?,52-,59?,61?,63+,64?,65+,66?,67?,68?,69?,70?,71?,73?,74?,82?,83?/m0/s1. The number of ether oxygens (including phenoxy) is 6. The Bertz CT molecular complexity index is 5150. The van der Waals surface area contributed by atoms with Crippen molar-refractivity contribution in [1.82, 2.24) is 47.9 Å². The highest BCUT2D eigenvalue weighted by molar-refractivity contribution is 6.32. The number of azide groups is 1. The first-order valence-corrected chi connectivity index (χ1v) is 40.2. The van der Waals surface area contributed by atoms with E-state index in [-0.39, 0.29) is 82.7 Å². The molecule has 0 aliphatic carbocycles. The highest BCUT2D eigenvalue weighted by Crippen LogP contribution is 2.50. The molecule has 14 rings (SSSR count). The Kier molecular flexibility index (Phi) is 28.7. The van der Waals surface area contributed by atoms with Crippen molar-refractivity contribution >= 4 is 82.1 Å². The predicted octanol–water partition coefficient (Wildman–Crippen LogP) is 5.35. The molecule has 7 aliphatic rings. The number of carbonyl (C=O) groups excluding carboxylic acids is 8. The zero-order valence-corrected chi connectivity index (χ0v) is 68.6. The topological polar surface area (TPSA) is 563 Å². The van der Waals surface area contributed by atoms with Gasteiger partial charge in [-0.2, -0.15) is 0 Å². The number of carbonyl (C=O) groups is 8. The summed E-state index contributed by atoms with van der Waals surface area (Å²) >= 11 is 20.6. The number of phenols is 3. The van der Waals surface area contributed by atoms with Gasteiger partial charge in [0.15, 0.2) is 23.9 Å². The van der Waals surface area contributed by atoms with Gasteiger partial charge in [0, 0.05) is 52.2 Å². The van der Waals surface area contributed by atoms with Crippen LogP contribution in [0.2, 0.25) is 15.1 Å². The summed E-state index contributed by atoms with van der Waals surface area (Å²) in [6.07, 6.45) is -17.9. The number of nitrogens with zero attached hydrogens (tertiary/aromatic N) is 3. The van der Waals surface area contributed by atoms with Crippen molar-refractivity contribution < 1.29 is 108 Å². The molecule has 122 heavy (non-hydrogen) atoms. The van der Waals surface area contributed by atoms with E-state index in [1.807, 2.05) is 50.2 Å². The van der Waals surface area contributed by atoms with Crippen molar-refractivity contribution in [3.05, 3.63) is 186 Å². The fourth-order valence-electron chi connectivity index (χ4n) is 15.1. The molecule has 0 aromatic heterocycles. The Hall–Kier alpha value is -11.2. The van der Waals surface area contributed by atoms with Crippen LogP contribution in [0.4, 0.5) is 0 Å². The zero-order valence-electron chi connectivity index (χ0n) is 66.3. The van der Waals surface area contributed by atoms with Crippen molar-refractivity contribution in [3.63, 3.8) is 0 Å². The van der Waals surface area contributed by atoms with E-state index < -0.39 is 220 Å². The number of aromatic hydroxyl groups is 3. The second-order valence-electron chi connectivity index (χ2n) is 30.9. The first-order chi connectivity index (χ1) is 58.1.